The largest absolute Gasteiger partial charge is 0.314 e. The molecule has 15 heavy (non-hydrogen) atoms. The van der Waals surface area contributed by atoms with E-state index in [1.54, 1.807) is 0 Å². The van der Waals surface area contributed by atoms with Gasteiger partial charge >= 0.3 is 0 Å². The van der Waals surface area contributed by atoms with Crippen LogP contribution in [0.5, 0.6) is 0 Å². The zero-order valence-corrected chi connectivity index (χ0v) is 9.91. The highest BCUT2D eigenvalue weighted by Gasteiger charge is 2.39. The van der Waals surface area contributed by atoms with Crippen LogP contribution in [0.3, 0.4) is 0 Å². The Morgan fingerprint density at radius 1 is 1.20 bits per heavy atom. The smallest absolute Gasteiger partial charge is 0.00736 e. The molecule has 3 aliphatic rings. The van der Waals surface area contributed by atoms with Gasteiger partial charge in [0.05, 0.1) is 0 Å². The summed E-state index contributed by atoms with van der Waals surface area (Å²) in [5.41, 5.74) is 0. The highest BCUT2D eigenvalue weighted by Crippen LogP contribution is 2.37. The van der Waals surface area contributed by atoms with E-state index in [1.165, 1.54) is 51.9 Å². The molecular formula is C13H24N2. The van der Waals surface area contributed by atoms with Crippen molar-refractivity contribution in [3.63, 3.8) is 0 Å². The van der Waals surface area contributed by atoms with E-state index >= 15 is 0 Å². The molecule has 0 aromatic carbocycles. The second-order valence-corrected chi connectivity index (χ2v) is 6.08. The van der Waals surface area contributed by atoms with E-state index in [1.807, 2.05) is 0 Å². The molecule has 0 radical (unpaired) electrons. The van der Waals surface area contributed by atoms with Gasteiger partial charge in [-0.15, -0.1) is 0 Å². The Balaban J connectivity index is 1.49. The van der Waals surface area contributed by atoms with Crippen LogP contribution in [0, 0.1) is 17.8 Å². The summed E-state index contributed by atoms with van der Waals surface area (Å²) in [6.45, 7) is 7.83. The van der Waals surface area contributed by atoms with Crippen molar-refractivity contribution in [2.24, 2.45) is 17.8 Å². The van der Waals surface area contributed by atoms with Crippen LogP contribution in [0.1, 0.15) is 32.6 Å². The van der Waals surface area contributed by atoms with Crippen molar-refractivity contribution in [3.8, 4) is 0 Å². The van der Waals surface area contributed by atoms with Gasteiger partial charge in [-0.05, 0) is 63.1 Å². The molecule has 1 saturated carbocycles. The van der Waals surface area contributed by atoms with Gasteiger partial charge < -0.3 is 10.2 Å². The molecule has 2 heteroatoms. The summed E-state index contributed by atoms with van der Waals surface area (Å²) >= 11 is 0. The number of likely N-dealkylation sites (tertiary alicyclic amines) is 1. The Kier molecular flexibility index (Phi) is 2.73. The van der Waals surface area contributed by atoms with Crippen molar-refractivity contribution >= 4 is 0 Å². The third-order valence-corrected chi connectivity index (χ3v) is 4.88. The highest BCUT2D eigenvalue weighted by atomic mass is 15.1. The summed E-state index contributed by atoms with van der Waals surface area (Å²) in [6.07, 6.45) is 5.78. The quantitative estimate of drug-likeness (QED) is 0.743. The number of nitrogens with one attached hydrogen (secondary N) is 1. The molecule has 3 fully saturated rings. The number of rotatable bonds is 2. The predicted octanol–water partition coefficient (Wildman–Crippen LogP) is 1.72. The van der Waals surface area contributed by atoms with Crippen LogP contribution in [0.2, 0.25) is 0 Å². The van der Waals surface area contributed by atoms with Gasteiger partial charge in [-0.2, -0.15) is 0 Å². The van der Waals surface area contributed by atoms with Crippen LogP contribution in [-0.2, 0) is 0 Å². The van der Waals surface area contributed by atoms with E-state index < -0.39 is 0 Å². The zero-order valence-electron chi connectivity index (χ0n) is 9.91. The maximum Gasteiger partial charge on any atom is 0.00736 e. The summed E-state index contributed by atoms with van der Waals surface area (Å²) in [4.78, 5) is 2.73. The molecule has 1 N–H and O–H groups in total. The Morgan fingerprint density at radius 3 is 2.60 bits per heavy atom. The standard InChI is InChI=1S/C13H24N2/c1-10-2-4-15(5-3-10)9-12-7-13-6-11(12)8-14-13/h10-14H,2-9H2,1H3/t11-,12?,13-/m0/s1. The Morgan fingerprint density at radius 2 is 2.00 bits per heavy atom. The van der Waals surface area contributed by atoms with Crippen molar-refractivity contribution in [1.82, 2.24) is 10.2 Å². The molecule has 86 valence electrons. The minimum Gasteiger partial charge on any atom is -0.314 e. The first-order valence-electron chi connectivity index (χ1n) is 6.77. The molecule has 1 aliphatic carbocycles. The average molecular weight is 208 g/mol. The number of piperidine rings is 2. The monoisotopic (exact) mass is 208 g/mol. The topological polar surface area (TPSA) is 15.3 Å². The molecule has 2 bridgehead atoms. The lowest BCUT2D eigenvalue weighted by Crippen LogP contribution is -2.40. The number of hydrogen-bond acceptors (Lipinski definition) is 2. The maximum absolute atomic E-state index is 3.61. The molecule has 0 amide bonds. The minimum atomic E-state index is 0.878. The van der Waals surface area contributed by atoms with E-state index in [-0.39, 0.29) is 0 Å². The first-order chi connectivity index (χ1) is 7.31. The van der Waals surface area contributed by atoms with E-state index in [0.29, 0.717) is 0 Å². The Bertz CT molecular complexity index is 221. The summed E-state index contributed by atoms with van der Waals surface area (Å²) < 4.78 is 0. The molecule has 0 aromatic rings. The fourth-order valence-electron chi connectivity index (χ4n) is 3.75. The van der Waals surface area contributed by atoms with Gasteiger partial charge in [0.1, 0.15) is 0 Å². The molecule has 2 nitrogen and oxygen atoms in total. The normalized spacial score (nSPS) is 42.6. The summed E-state index contributed by atoms with van der Waals surface area (Å²) in [5.74, 6) is 3.00. The average Bonchev–Trinajstić information content (AvgIpc) is 2.83. The van der Waals surface area contributed by atoms with Crippen LogP contribution in [0.4, 0.5) is 0 Å². The van der Waals surface area contributed by atoms with E-state index in [2.05, 4.69) is 17.1 Å². The van der Waals surface area contributed by atoms with Gasteiger partial charge in [0, 0.05) is 12.6 Å². The van der Waals surface area contributed by atoms with Gasteiger partial charge in [-0.3, -0.25) is 0 Å². The van der Waals surface area contributed by atoms with Crippen molar-refractivity contribution in [1.29, 1.82) is 0 Å². The van der Waals surface area contributed by atoms with Gasteiger partial charge in [0.15, 0.2) is 0 Å². The molecule has 3 rings (SSSR count). The number of hydrogen-bond donors (Lipinski definition) is 1. The fourth-order valence-corrected chi connectivity index (χ4v) is 3.75. The van der Waals surface area contributed by atoms with Crippen molar-refractivity contribution in [2.45, 2.75) is 38.6 Å². The number of fused-ring (bicyclic) bond motifs is 2. The van der Waals surface area contributed by atoms with Crippen molar-refractivity contribution in [2.75, 3.05) is 26.2 Å². The summed E-state index contributed by atoms with van der Waals surface area (Å²) in [5, 5.41) is 3.61. The Labute approximate surface area is 93.4 Å². The predicted molar refractivity (Wildman–Crippen MR) is 62.8 cm³/mol. The van der Waals surface area contributed by atoms with E-state index in [9.17, 15) is 0 Å². The number of nitrogens with zero attached hydrogens (tertiary/aromatic N) is 1. The molecule has 3 atom stereocenters. The third-order valence-electron chi connectivity index (χ3n) is 4.88. The summed E-state index contributed by atoms with van der Waals surface area (Å²) in [6, 6.07) is 0.878. The first kappa shape index (κ1) is 10.1. The minimum absolute atomic E-state index is 0.878. The van der Waals surface area contributed by atoms with E-state index in [4.69, 9.17) is 0 Å². The van der Waals surface area contributed by atoms with Gasteiger partial charge in [-0.1, -0.05) is 6.92 Å². The lowest BCUT2D eigenvalue weighted by molar-refractivity contribution is 0.147. The lowest BCUT2D eigenvalue weighted by Gasteiger charge is -2.34. The second-order valence-electron chi connectivity index (χ2n) is 6.08. The molecule has 0 aromatic heterocycles. The van der Waals surface area contributed by atoms with Crippen LogP contribution >= 0.6 is 0 Å². The molecule has 2 heterocycles. The van der Waals surface area contributed by atoms with Gasteiger partial charge in [-0.25, -0.2) is 0 Å². The molecular weight excluding hydrogens is 184 g/mol. The molecule has 1 unspecified atom stereocenters. The van der Waals surface area contributed by atoms with Crippen LogP contribution in [-0.4, -0.2) is 37.1 Å². The van der Waals surface area contributed by atoms with Crippen molar-refractivity contribution < 1.29 is 0 Å². The second kappa shape index (κ2) is 4.06. The van der Waals surface area contributed by atoms with Gasteiger partial charge in [0.25, 0.3) is 0 Å². The lowest BCUT2D eigenvalue weighted by atomic mass is 9.92. The van der Waals surface area contributed by atoms with Crippen LogP contribution < -0.4 is 5.32 Å². The maximum atomic E-state index is 3.61. The van der Waals surface area contributed by atoms with Crippen LogP contribution in [0.25, 0.3) is 0 Å². The van der Waals surface area contributed by atoms with Crippen LogP contribution in [0.15, 0.2) is 0 Å². The first-order valence-corrected chi connectivity index (χ1v) is 6.77. The van der Waals surface area contributed by atoms with Crippen molar-refractivity contribution in [3.05, 3.63) is 0 Å². The third kappa shape index (κ3) is 2.07. The highest BCUT2D eigenvalue weighted by molar-refractivity contribution is 4.96. The van der Waals surface area contributed by atoms with E-state index in [0.717, 1.165) is 23.8 Å². The van der Waals surface area contributed by atoms with Gasteiger partial charge in [0.2, 0.25) is 0 Å². The fraction of sp³-hybridized carbons (Fsp3) is 1.00. The summed E-state index contributed by atoms with van der Waals surface area (Å²) in [7, 11) is 0. The zero-order chi connectivity index (χ0) is 10.3. The Hall–Kier alpha value is -0.0800. The SMILES string of the molecule is CC1CCN(CC2C[C@@H]3C[C@H]2CN3)CC1. The molecule has 0 spiro atoms. The molecule has 2 aliphatic heterocycles. The molecule has 2 saturated heterocycles.